The molecule has 1 saturated heterocycles. The molecule has 6 atom stereocenters. The number of carbonyl (C=O) groups is 3. The summed E-state index contributed by atoms with van der Waals surface area (Å²) in [6.45, 7) is 6.77. The maximum atomic E-state index is 14.3. The van der Waals surface area contributed by atoms with Crippen molar-refractivity contribution < 1.29 is 47.7 Å². The average Bonchev–Trinajstić information content (AvgIpc) is 3.25. The summed E-state index contributed by atoms with van der Waals surface area (Å²) in [5, 5.41) is 25.9. The van der Waals surface area contributed by atoms with E-state index in [4.69, 9.17) is 18.5 Å². The highest BCUT2D eigenvalue weighted by Crippen LogP contribution is 2.49. The first-order valence-electron chi connectivity index (χ1n) is 14.6. The van der Waals surface area contributed by atoms with Crippen molar-refractivity contribution in [3.8, 4) is 5.75 Å². The Kier molecular flexibility index (Phi) is 11.1. The van der Waals surface area contributed by atoms with Crippen LogP contribution in [-0.4, -0.2) is 76.1 Å². The number of nitrogens with zero attached hydrogens (tertiary/aromatic N) is 1. The van der Waals surface area contributed by atoms with Crippen molar-refractivity contribution >= 4 is 36.2 Å². The van der Waals surface area contributed by atoms with Crippen LogP contribution in [0.5, 0.6) is 5.75 Å². The number of unbranched alkanes of at least 4 members (excludes halogenated alkanes) is 3. The van der Waals surface area contributed by atoms with Gasteiger partial charge < -0.3 is 24.2 Å². The molecule has 2 aromatic rings. The molecule has 1 unspecified atom stereocenters. The summed E-state index contributed by atoms with van der Waals surface area (Å²) in [7, 11) is -4.44. The molecular weight excluding hydrogens is 591 g/mol. The Bertz CT molecular complexity index is 1440. The Labute approximate surface area is 256 Å². The van der Waals surface area contributed by atoms with Crippen LogP contribution in [-0.2, 0) is 32.9 Å². The molecule has 0 aromatic heterocycles. The Morgan fingerprint density at radius 1 is 1.20 bits per heavy atom. The highest BCUT2D eigenvalue weighted by molar-refractivity contribution is 7.52. The van der Waals surface area contributed by atoms with Gasteiger partial charge in [-0.1, -0.05) is 68.7 Å². The highest BCUT2D eigenvalue weighted by atomic mass is 31.2. The lowest BCUT2D eigenvalue weighted by molar-refractivity contribution is -0.153. The predicted molar refractivity (Wildman–Crippen MR) is 161 cm³/mol. The molecule has 0 bridgehead atoms. The molecule has 2 heterocycles. The van der Waals surface area contributed by atoms with E-state index in [0.29, 0.717) is 11.8 Å². The van der Waals surface area contributed by atoms with E-state index in [1.54, 1.807) is 24.3 Å². The lowest BCUT2D eigenvalue weighted by atomic mass is 9.96. The van der Waals surface area contributed by atoms with E-state index < -0.39 is 68.5 Å². The second-order valence-electron chi connectivity index (χ2n) is 10.8. The van der Waals surface area contributed by atoms with E-state index in [0.717, 1.165) is 35.6 Å². The first-order valence-corrected chi connectivity index (χ1v) is 16.1. The number of aliphatic hydroxyl groups is 2. The Balaban J connectivity index is 1.56. The van der Waals surface area contributed by atoms with Gasteiger partial charge in [0.25, 0.3) is 0 Å². The molecule has 13 heteroatoms. The molecular formula is C31H39N2O10P. The minimum atomic E-state index is -4.44. The van der Waals surface area contributed by atoms with Gasteiger partial charge >= 0.3 is 13.7 Å². The molecule has 0 aliphatic carbocycles. The summed E-state index contributed by atoms with van der Waals surface area (Å²) in [6.07, 6.45) is 2.01. The summed E-state index contributed by atoms with van der Waals surface area (Å²) in [6, 6.07) is 11.3. The van der Waals surface area contributed by atoms with Gasteiger partial charge in [-0.2, -0.15) is 5.09 Å². The normalized spacial score (nSPS) is 25.5. The van der Waals surface area contributed by atoms with Crippen molar-refractivity contribution in [2.45, 2.75) is 76.0 Å². The number of nitrogens with one attached hydrogen (secondary N) is 1. The quantitative estimate of drug-likeness (QED) is 0.0864. The molecule has 4 rings (SSSR count). The van der Waals surface area contributed by atoms with Gasteiger partial charge in [0.2, 0.25) is 5.91 Å². The first kappa shape index (κ1) is 33.5. The summed E-state index contributed by atoms with van der Waals surface area (Å²) < 4.78 is 37.3. The van der Waals surface area contributed by atoms with Crippen LogP contribution in [0, 0.1) is 0 Å². The number of rotatable bonds is 15. The third kappa shape index (κ3) is 7.63. The van der Waals surface area contributed by atoms with Crippen molar-refractivity contribution in [2.24, 2.45) is 0 Å². The molecule has 2 aliphatic heterocycles. The Morgan fingerprint density at radius 2 is 1.95 bits per heavy atom. The van der Waals surface area contributed by atoms with Crippen LogP contribution < -0.4 is 9.61 Å². The number of ether oxygens (including phenoxy) is 2. The second kappa shape index (κ2) is 14.6. The molecule has 2 aromatic carbocycles. The van der Waals surface area contributed by atoms with E-state index >= 15 is 0 Å². The Hall–Kier alpha value is -3.38. The zero-order chi connectivity index (χ0) is 31.9. The lowest BCUT2D eigenvalue weighted by Gasteiger charge is -2.32. The average molecular weight is 631 g/mol. The van der Waals surface area contributed by atoms with Crippen LogP contribution in [0.3, 0.4) is 0 Å². The van der Waals surface area contributed by atoms with E-state index in [1.165, 1.54) is 19.2 Å². The fourth-order valence-electron chi connectivity index (χ4n) is 4.95. The van der Waals surface area contributed by atoms with Gasteiger partial charge in [0.15, 0.2) is 12.0 Å². The highest BCUT2D eigenvalue weighted by Gasteiger charge is 2.56. The summed E-state index contributed by atoms with van der Waals surface area (Å²) in [5.74, 6) is -1.51. The third-order valence-corrected chi connectivity index (χ3v) is 9.10. The van der Waals surface area contributed by atoms with E-state index in [9.17, 15) is 29.2 Å². The van der Waals surface area contributed by atoms with Crippen LogP contribution >= 0.6 is 7.75 Å². The van der Waals surface area contributed by atoms with Gasteiger partial charge in [0.1, 0.15) is 29.6 Å². The predicted octanol–water partition coefficient (Wildman–Crippen LogP) is 3.76. The van der Waals surface area contributed by atoms with Crippen molar-refractivity contribution in [1.29, 1.82) is 0 Å². The molecule has 44 heavy (non-hydrogen) atoms. The van der Waals surface area contributed by atoms with Gasteiger partial charge in [-0.3, -0.25) is 23.8 Å². The topological polar surface area (TPSA) is 161 Å². The smallest absolute Gasteiger partial charge is 0.459 e. The first-order chi connectivity index (χ1) is 21.0. The fraction of sp³-hybridized carbons (Fsp3) is 0.452. The number of ketones is 1. The van der Waals surface area contributed by atoms with Crippen LogP contribution in [0.1, 0.15) is 46.0 Å². The van der Waals surface area contributed by atoms with Gasteiger partial charge in [-0.15, -0.1) is 6.58 Å². The number of hydrogen-bond donors (Lipinski definition) is 3. The van der Waals surface area contributed by atoms with Crippen LogP contribution in [0.25, 0.3) is 10.8 Å². The standard InChI is InChI=1S/C31H39N2O10P/c1-4-6-7-10-18-40-30(38)21(3)32-44(39,43-25-15-11-13-22-12-8-9-14-24(22)25)41-20-31(5-2)28(37)27(36)29(42-31)33-17-16-23(34)19-26(33)35/h5,8-9,11-17,21,27-29,36-37H,2,4,6-7,10,18-20H2,1,3H3,(H,32,39)/t21-,27+,28-,29+,31+,44?/m0/s1. The number of allylic oxidation sites excluding steroid dienone is 1. The van der Waals surface area contributed by atoms with E-state index in [-0.39, 0.29) is 12.4 Å². The molecule has 238 valence electrons. The zero-order valence-corrected chi connectivity index (χ0v) is 25.7. The minimum Gasteiger partial charge on any atom is -0.465 e. The maximum Gasteiger partial charge on any atom is 0.459 e. The minimum absolute atomic E-state index is 0.200. The number of fused-ring (bicyclic) bond motifs is 1. The van der Waals surface area contributed by atoms with Gasteiger partial charge in [-0.25, -0.2) is 4.57 Å². The number of esters is 1. The van der Waals surface area contributed by atoms with Crippen LogP contribution in [0.2, 0.25) is 0 Å². The number of amides is 1. The number of hydrogen-bond acceptors (Lipinski definition) is 10. The molecule has 0 saturated carbocycles. The SMILES string of the molecule is C=C[C@]1(COP(=O)(N[C@@H](C)C(=O)OCCCCCC)Oc2cccc3ccccc23)O[C@@H](N2C=CC(=O)CC2=O)[C@H](O)[C@@H]1O. The summed E-state index contributed by atoms with van der Waals surface area (Å²) >= 11 is 0. The number of carbonyl (C=O) groups excluding carboxylic acids is 3. The molecule has 0 spiro atoms. The summed E-state index contributed by atoms with van der Waals surface area (Å²) in [4.78, 5) is 37.9. The molecule has 12 nitrogen and oxygen atoms in total. The second-order valence-corrected chi connectivity index (χ2v) is 12.5. The Morgan fingerprint density at radius 3 is 2.68 bits per heavy atom. The van der Waals surface area contributed by atoms with Crippen LogP contribution in [0.15, 0.2) is 67.4 Å². The van der Waals surface area contributed by atoms with Crippen molar-refractivity contribution in [2.75, 3.05) is 13.2 Å². The molecule has 0 radical (unpaired) electrons. The fourth-order valence-corrected chi connectivity index (χ4v) is 6.50. The number of aliphatic hydroxyl groups excluding tert-OH is 2. The third-order valence-electron chi connectivity index (χ3n) is 7.49. The van der Waals surface area contributed by atoms with Crippen molar-refractivity contribution in [3.05, 3.63) is 67.4 Å². The van der Waals surface area contributed by atoms with Gasteiger partial charge in [0, 0.05) is 11.6 Å². The maximum absolute atomic E-state index is 14.3. The largest absolute Gasteiger partial charge is 0.465 e. The van der Waals surface area contributed by atoms with E-state index in [2.05, 4.69) is 18.6 Å². The molecule has 1 amide bonds. The molecule has 1 fully saturated rings. The zero-order valence-electron chi connectivity index (χ0n) is 24.8. The van der Waals surface area contributed by atoms with Gasteiger partial charge in [-0.05, 0) is 30.9 Å². The van der Waals surface area contributed by atoms with Crippen LogP contribution in [0.4, 0.5) is 0 Å². The molecule has 2 aliphatic rings. The lowest BCUT2D eigenvalue weighted by Crippen LogP contribution is -2.46. The van der Waals surface area contributed by atoms with Crippen molar-refractivity contribution in [1.82, 2.24) is 9.99 Å². The van der Waals surface area contributed by atoms with Gasteiger partial charge in [0.05, 0.1) is 19.6 Å². The van der Waals surface area contributed by atoms with Crippen molar-refractivity contribution in [3.63, 3.8) is 0 Å². The molecule has 3 N–H and O–H groups in total. The monoisotopic (exact) mass is 630 g/mol. The number of benzene rings is 2. The van der Waals surface area contributed by atoms with E-state index in [1.807, 2.05) is 18.2 Å². The summed E-state index contributed by atoms with van der Waals surface area (Å²) in [5.41, 5.74) is -1.86.